The number of hydrogen-bond acceptors (Lipinski definition) is 3. The number of halogens is 1. The van der Waals surface area contributed by atoms with Gasteiger partial charge in [0.2, 0.25) is 5.91 Å². The van der Waals surface area contributed by atoms with Crippen molar-refractivity contribution in [2.45, 2.75) is 12.8 Å². The molecule has 2 aromatic rings. The molecule has 0 aliphatic carbocycles. The molecule has 20 heavy (non-hydrogen) atoms. The maximum Gasteiger partial charge on any atom is 0.338 e. The van der Waals surface area contributed by atoms with Gasteiger partial charge < -0.3 is 10.4 Å². The highest BCUT2D eigenvalue weighted by Gasteiger charge is 2.13. The van der Waals surface area contributed by atoms with Crippen LogP contribution in [0.15, 0.2) is 40.2 Å². The van der Waals surface area contributed by atoms with E-state index in [1.54, 1.807) is 5.38 Å². The minimum absolute atomic E-state index is 0.131. The normalized spacial score (nSPS) is 10.2. The van der Waals surface area contributed by atoms with E-state index < -0.39 is 5.97 Å². The second kappa shape index (κ2) is 6.67. The monoisotopic (exact) mass is 353 g/mol. The van der Waals surface area contributed by atoms with Crippen molar-refractivity contribution in [1.82, 2.24) is 0 Å². The van der Waals surface area contributed by atoms with Crippen molar-refractivity contribution in [2.24, 2.45) is 0 Å². The van der Waals surface area contributed by atoms with Crippen molar-refractivity contribution in [1.29, 1.82) is 0 Å². The third kappa shape index (κ3) is 3.91. The number of thiophene rings is 1. The molecule has 0 saturated carbocycles. The molecule has 1 amide bonds. The Labute approximate surface area is 128 Å². The molecule has 0 spiro atoms. The largest absolute Gasteiger partial charge is 0.478 e. The molecule has 6 heteroatoms. The molecule has 0 fully saturated rings. The fourth-order valence-electron chi connectivity index (χ4n) is 1.67. The maximum absolute atomic E-state index is 11.8. The van der Waals surface area contributed by atoms with E-state index in [0.29, 0.717) is 17.8 Å². The second-order valence-electron chi connectivity index (χ2n) is 4.14. The first kappa shape index (κ1) is 14.7. The predicted molar refractivity (Wildman–Crippen MR) is 82.4 cm³/mol. The summed E-state index contributed by atoms with van der Waals surface area (Å²) in [4.78, 5) is 22.7. The number of aryl methyl sites for hydroxylation is 1. The van der Waals surface area contributed by atoms with Gasteiger partial charge in [0.15, 0.2) is 0 Å². The highest BCUT2D eigenvalue weighted by atomic mass is 79.9. The Bertz CT molecular complexity index is 622. The molecule has 1 aromatic heterocycles. The van der Waals surface area contributed by atoms with Crippen molar-refractivity contribution < 1.29 is 14.7 Å². The van der Waals surface area contributed by atoms with E-state index >= 15 is 0 Å². The number of carboxylic acids is 1. The van der Waals surface area contributed by atoms with Gasteiger partial charge in [-0.1, -0.05) is 28.1 Å². The van der Waals surface area contributed by atoms with Gasteiger partial charge in [0.05, 0.1) is 5.56 Å². The van der Waals surface area contributed by atoms with Crippen LogP contribution in [0.1, 0.15) is 22.3 Å². The summed E-state index contributed by atoms with van der Waals surface area (Å²) in [6.07, 6.45) is 0.936. The molecule has 0 bridgehead atoms. The Morgan fingerprint density at radius 2 is 1.90 bits per heavy atom. The number of benzene rings is 1. The van der Waals surface area contributed by atoms with Gasteiger partial charge in [-0.05, 0) is 35.6 Å². The fraction of sp³-hybridized carbons (Fsp3) is 0.143. The summed E-state index contributed by atoms with van der Waals surface area (Å²) in [5, 5.41) is 13.6. The van der Waals surface area contributed by atoms with Crippen LogP contribution in [0.5, 0.6) is 0 Å². The van der Waals surface area contributed by atoms with Crippen LogP contribution in [0.2, 0.25) is 0 Å². The minimum atomic E-state index is -1.03. The Morgan fingerprint density at radius 3 is 2.55 bits per heavy atom. The summed E-state index contributed by atoms with van der Waals surface area (Å²) < 4.78 is 0.996. The zero-order chi connectivity index (χ0) is 14.5. The molecule has 2 N–H and O–H groups in total. The van der Waals surface area contributed by atoms with Gasteiger partial charge in [0.25, 0.3) is 0 Å². The highest BCUT2D eigenvalue weighted by molar-refractivity contribution is 9.10. The van der Waals surface area contributed by atoms with E-state index in [-0.39, 0.29) is 11.5 Å². The molecule has 0 unspecified atom stereocenters. The fourth-order valence-corrected chi connectivity index (χ4v) is 2.73. The number of amides is 1. The van der Waals surface area contributed by atoms with Crippen LogP contribution in [0, 0.1) is 0 Å². The van der Waals surface area contributed by atoms with Crippen LogP contribution in [-0.2, 0) is 11.2 Å². The van der Waals surface area contributed by atoms with Crippen LogP contribution < -0.4 is 5.32 Å². The lowest BCUT2D eigenvalue weighted by atomic mass is 10.1. The topological polar surface area (TPSA) is 66.4 Å². The summed E-state index contributed by atoms with van der Waals surface area (Å²) >= 11 is 4.56. The Hall–Kier alpha value is -1.66. The first-order valence-corrected chi connectivity index (χ1v) is 7.58. The zero-order valence-electron chi connectivity index (χ0n) is 10.4. The number of carboxylic acid groups (broad SMARTS) is 1. The number of carbonyl (C=O) groups excluding carboxylic acids is 1. The van der Waals surface area contributed by atoms with Gasteiger partial charge in [0, 0.05) is 10.9 Å². The number of nitrogens with one attached hydrogen (secondary N) is 1. The summed E-state index contributed by atoms with van der Waals surface area (Å²) in [5.41, 5.74) is 1.19. The maximum atomic E-state index is 11.8. The number of anilines is 1. The van der Waals surface area contributed by atoms with Crippen molar-refractivity contribution in [3.63, 3.8) is 0 Å². The highest BCUT2D eigenvalue weighted by Crippen LogP contribution is 2.23. The van der Waals surface area contributed by atoms with Crippen LogP contribution in [0.3, 0.4) is 0 Å². The van der Waals surface area contributed by atoms with Crippen molar-refractivity contribution in [3.05, 3.63) is 51.3 Å². The number of hydrogen-bond donors (Lipinski definition) is 2. The lowest BCUT2D eigenvalue weighted by molar-refractivity contribution is -0.116. The van der Waals surface area contributed by atoms with Gasteiger partial charge >= 0.3 is 5.97 Å². The quantitative estimate of drug-likeness (QED) is 0.859. The molecule has 1 heterocycles. The van der Waals surface area contributed by atoms with Gasteiger partial charge in [0.1, 0.15) is 5.00 Å². The number of aromatic carboxylic acids is 1. The zero-order valence-corrected chi connectivity index (χ0v) is 12.8. The molecule has 0 saturated heterocycles. The van der Waals surface area contributed by atoms with Gasteiger partial charge in [-0.25, -0.2) is 4.79 Å². The number of rotatable bonds is 5. The summed E-state index contributed by atoms with van der Waals surface area (Å²) in [6, 6.07) is 9.23. The van der Waals surface area contributed by atoms with Gasteiger partial charge in [-0.15, -0.1) is 11.3 Å². The smallest absolute Gasteiger partial charge is 0.338 e. The third-order valence-electron chi connectivity index (χ3n) is 2.70. The third-order valence-corrected chi connectivity index (χ3v) is 4.06. The Balaban J connectivity index is 1.91. The molecular weight excluding hydrogens is 342 g/mol. The molecule has 0 radical (unpaired) electrons. The lowest BCUT2D eigenvalue weighted by Gasteiger charge is -2.04. The predicted octanol–water partition coefficient (Wildman–Crippen LogP) is 3.78. The summed E-state index contributed by atoms with van der Waals surface area (Å²) in [6.45, 7) is 0. The first-order valence-electron chi connectivity index (χ1n) is 5.91. The average Bonchev–Trinajstić information content (AvgIpc) is 2.86. The summed E-state index contributed by atoms with van der Waals surface area (Å²) in [7, 11) is 0. The molecule has 0 atom stereocenters. The van der Waals surface area contributed by atoms with E-state index in [1.807, 2.05) is 24.3 Å². The van der Waals surface area contributed by atoms with E-state index in [0.717, 1.165) is 10.0 Å². The molecule has 0 aliphatic heterocycles. The van der Waals surface area contributed by atoms with Gasteiger partial charge in [-0.3, -0.25) is 4.79 Å². The van der Waals surface area contributed by atoms with E-state index in [9.17, 15) is 9.59 Å². The SMILES string of the molecule is O=C(CCc1ccc(Br)cc1)Nc1sccc1C(=O)O. The van der Waals surface area contributed by atoms with Crippen molar-refractivity contribution in [3.8, 4) is 0 Å². The molecule has 4 nitrogen and oxygen atoms in total. The van der Waals surface area contributed by atoms with Gasteiger partial charge in [-0.2, -0.15) is 0 Å². The minimum Gasteiger partial charge on any atom is -0.478 e. The number of carbonyl (C=O) groups is 2. The van der Waals surface area contributed by atoms with Crippen LogP contribution >= 0.6 is 27.3 Å². The Kier molecular flexibility index (Phi) is 4.92. The Morgan fingerprint density at radius 1 is 1.20 bits per heavy atom. The van der Waals surface area contributed by atoms with Crippen molar-refractivity contribution >= 4 is 44.1 Å². The average molecular weight is 354 g/mol. The molecule has 0 aliphatic rings. The molecule has 104 valence electrons. The standard InChI is InChI=1S/C14H12BrNO3S/c15-10-4-1-9(2-5-10)3-6-12(17)16-13-11(14(18)19)7-8-20-13/h1-2,4-5,7-8H,3,6H2,(H,16,17)(H,18,19). The summed E-state index contributed by atoms with van der Waals surface area (Å²) in [5.74, 6) is -1.22. The van der Waals surface area contributed by atoms with Crippen molar-refractivity contribution in [2.75, 3.05) is 5.32 Å². The van der Waals surface area contributed by atoms with Crippen LogP contribution in [-0.4, -0.2) is 17.0 Å². The molecule has 1 aromatic carbocycles. The van der Waals surface area contributed by atoms with E-state index in [1.165, 1.54) is 17.4 Å². The van der Waals surface area contributed by atoms with Crippen LogP contribution in [0.25, 0.3) is 0 Å². The van der Waals surface area contributed by atoms with E-state index in [4.69, 9.17) is 5.11 Å². The second-order valence-corrected chi connectivity index (χ2v) is 5.97. The molecular formula is C14H12BrNO3S. The van der Waals surface area contributed by atoms with Crippen LogP contribution in [0.4, 0.5) is 5.00 Å². The first-order chi connectivity index (χ1) is 9.56. The van der Waals surface area contributed by atoms with E-state index in [2.05, 4.69) is 21.2 Å². The molecule has 2 rings (SSSR count). The lowest BCUT2D eigenvalue weighted by Crippen LogP contribution is -2.13.